The molecule has 0 radical (unpaired) electrons. The second kappa shape index (κ2) is 10.0. The van der Waals surface area contributed by atoms with Crippen LogP contribution < -0.4 is 20.1 Å². The fraction of sp³-hybridized carbons (Fsp3) is 0.333. The molecule has 0 spiro atoms. The van der Waals surface area contributed by atoms with Gasteiger partial charge in [-0.15, -0.1) is 0 Å². The maximum atomic E-state index is 12.6. The van der Waals surface area contributed by atoms with Crippen molar-refractivity contribution in [2.75, 3.05) is 19.5 Å². The Morgan fingerprint density at radius 3 is 2.61 bits per heavy atom. The minimum atomic E-state index is -0.292. The minimum absolute atomic E-state index is 0.271. The van der Waals surface area contributed by atoms with E-state index in [-0.39, 0.29) is 12.1 Å². The highest BCUT2D eigenvalue weighted by Gasteiger charge is 2.15. The van der Waals surface area contributed by atoms with Gasteiger partial charge in [-0.2, -0.15) is 0 Å². The lowest BCUT2D eigenvalue weighted by Gasteiger charge is -2.19. The highest BCUT2D eigenvalue weighted by atomic mass is 16.5. The van der Waals surface area contributed by atoms with Gasteiger partial charge in [0.25, 0.3) is 0 Å². The van der Waals surface area contributed by atoms with Crippen LogP contribution in [0.3, 0.4) is 0 Å². The quantitative estimate of drug-likeness (QED) is 0.538. The van der Waals surface area contributed by atoms with Gasteiger partial charge in [-0.3, -0.25) is 0 Å². The Balaban J connectivity index is 1.67. The predicted octanol–water partition coefficient (Wildman–Crippen LogP) is 4.95. The van der Waals surface area contributed by atoms with Gasteiger partial charge < -0.3 is 24.7 Å². The molecule has 2 aromatic carbocycles. The number of hydrogen-bond donors (Lipinski definition) is 2. The lowest BCUT2D eigenvalue weighted by Crippen LogP contribution is -2.31. The molecule has 1 aromatic heterocycles. The van der Waals surface area contributed by atoms with Crippen LogP contribution in [0.4, 0.5) is 10.5 Å². The Hall–Kier alpha value is -3.48. The van der Waals surface area contributed by atoms with Crippen LogP contribution in [-0.4, -0.2) is 29.8 Å². The topological polar surface area (TPSA) is 77.4 Å². The molecule has 0 bridgehead atoms. The molecule has 7 nitrogen and oxygen atoms in total. The molecule has 0 aliphatic rings. The first-order valence-electron chi connectivity index (χ1n) is 10.3. The van der Waals surface area contributed by atoms with Crippen molar-refractivity contribution < 1.29 is 14.3 Å². The Morgan fingerprint density at radius 1 is 1.10 bits per heavy atom. The Bertz CT molecular complexity index is 1030. The molecule has 2 amide bonds. The number of aromatic nitrogens is 2. The molecule has 1 heterocycles. The van der Waals surface area contributed by atoms with Crippen molar-refractivity contribution in [2.24, 2.45) is 0 Å². The highest BCUT2D eigenvalue weighted by molar-refractivity contribution is 5.89. The number of nitrogens with zero attached hydrogens (tertiary/aromatic N) is 2. The van der Waals surface area contributed by atoms with Crippen molar-refractivity contribution in [1.29, 1.82) is 0 Å². The highest BCUT2D eigenvalue weighted by Crippen LogP contribution is 2.29. The molecule has 7 heteroatoms. The normalized spacial score (nSPS) is 11.8. The molecule has 0 aliphatic heterocycles. The summed E-state index contributed by atoms with van der Waals surface area (Å²) >= 11 is 0. The van der Waals surface area contributed by atoms with E-state index in [4.69, 9.17) is 9.47 Å². The molecule has 1 unspecified atom stereocenters. The zero-order valence-electron chi connectivity index (χ0n) is 18.7. The Labute approximate surface area is 183 Å². The van der Waals surface area contributed by atoms with Crippen LogP contribution in [0.1, 0.15) is 49.7 Å². The summed E-state index contributed by atoms with van der Waals surface area (Å²) in [6.07, 6.45) is 3.80. The second-order valence-electron chi connectivity index (χ2n) is 7.70. The van der Waals surface area contributed by atoms with Crippen molar-refractivity contribution in [3.05, 3.63) is 71.8 Å². The van der Waals surface area contributed by atoms with Crippen LogP contribution in [0.25, 0.3) is 0 Å². The summed E-state index contributed by atoms with van der Waals surface area (Å²) in [5, 5.41) is 5.88. The van der Waals surface area contributed by atoms with Crippen molar-refractivity contribution in [3.8, 4) is 11.5 Å². The molecule has 0 aliphatic carbocycles. The van der Waals surface area contributed by atoms with E-state index in [0.29, 0.717) is 24.0 Å². The van der Waals surface area contributed by atoms with E-state index in [1.54, 1.807) is 14.2 Å². The maximum Gasteiger partial charge on any atom is 0.319 e. The Kier molecular flexibility index (Phi) is 7.18. The van der Waals surface area contributed by atoms with Crippen LogP contribution in [0.2, 0.25) is 0 Å². The van der Waals surface area contributed by atoms with E-state index in [1.165, 1.54) is 0 Å². The van der Waals surface area contributed by atoms with Crippen LogP contribution in [0, 0.1) is 0 Å². The number of ether oxygens (including phenoxy) is 2. The molecule has 3 aromatic rings. The number of urea groups is 1. The number of amides is 2. The van der Waals surface area contributed by atoms with Gasteiger partial charge in [0.1, 0.15) is 17.3 Å². The average molecular weight is 423 g/mol. The summed E-state index contributed by atoms with van der Waals surface area (Å²) < 4.78 is 12.8. The van der Waals surface area contributed by atoms with Gasteiger partial charge in [0, 0.05) is 36.1 Å². The third-order valence-corrected chi connectivity index (χ3v) is 5.05. The van der Waals surface area contributed by atoms with E-state index in [0.717, 1.165) is 22.6 Å². The van der Waals surface area contributed by atoms with E-state index >= 15 is 0 Å². The SMILES string of the molecule is COc1ccc(OC)c(C(C)NC(=O)Nc2cccc(Cn3ccnc3C(C)C)c2)c1. The molecular weight excluding hydrogens is 392 g/mol. The van der Waals surface area contributed by atoms with Crippen molar-refractivity contribution >= 4 is 11.7 Å². The number of anilines is 1. The third-order valence-electron chi connectivity index (χ3n) is 5.05. The number of methoxy groups -OCH3 is 2. The minimum Gasteiger partial charge on any atom is -0.497 e. The molecular formula is C24H30N4O3. The molecule has 0 saturated heterocycles. The van der Waals surface area contributed by atoms with Crippen molar-refractivity contribution in [1.82, 2.24) is 14.9 Å². The standard InChI is InChI=1S/C24H30N4O3/c1-16(2)23-25-11-12-28(23)15-18-7-6-8-19(13-18)27-24(29)26-17(3)21-14-20(30-4)9-10-22(21)31-5/h6-14,16-17H,15H2,1-5H3,(H2,26,27,29). The zero-order chi connectivity index (χ0) is 22.4. The maximum absolute atomic E-state index is 12.6. The van der Waals surface area contributed by atoms with Crippen LogP contribution in [0.15, 0.2) is 54.9 Å². The van der Waals surface area contributed by atoms with Gasteiger partial charge in [0.15, 0.2) is 0 Å². The summed E-state index contributed by atoms with van der Waals surface area (Å²) in [6.45, 7) is 6.85. The number of hydrogen-bond acceptors (Lipinski definition) is 4. The summed E-state index contributed by atoms with van der Waals surface area (Å²) in [7, 11) is 3.21. The van der Waals surface area contributed by atoms with Gasteiger partial charge in [-0.1, -0.05) is 26.0 Å². The zero-order valence-corrected chi connectivity index (χ0v) is 18.7. The molecule has 0 saturated carbocycles. The van der Waals surface area contributed by atoms with E-state index in [2.05, 4.69) is 34.0 Å². The first-order valence-corrected chi connectivity index (χ1v) is 10.3. The monoisotopic (exact) mass is 422 g/mol. The number of carbonyl (C=O) groups is 1. The first-order chi connectivity index (χ1) is 14.9. The van der Waals surface area contributed by atoms with Crippen LogP contribution in [-0.2, 0) is 6.54 Å². The van der Waals surface area contributed by atoms with Gasteiger partial charge in [-0.25, -0.2) is 9.78 Å². The Morgan fingerprint density at radius 2 is 1.90 bits per heavy atom. The van der Waals surface area contributed by atoms with Crippen molar-refractivity contribution in [2.45, 2.75) is 39.3 Å². The molecule has 3 rings (SSSR count). The molecule has 31 heavy (non-hydrogen) atoms. The summed E-state index contributed by atoms with van der Waals surface area (Å²) in [4.78, 5) is 17.0. The van der Waals surface area contributed by atoms with Gasteiger partial charge in [0.05, 0.1) is 20.3 Å². The fourth-order valence-corrected chi connectivity index (χ4v) is 3.52. The van der Waals surface area contributed by atoms with E-state index in [9.17, 15) is 4.79 Å². The number of carbonyl (C=O) groups excluding carboxylic acids is 1. The molecule has 2 N–H and O–H groups in total. The number of benzene rings is 2. The summed E-state index contributed by atoms with van der Waals surface area (Å²) in [5.41, 5.74) is 2.65. The predicted molar refractivity (Wildman–Crippen MR) is 122 cm³/mol. The summed E-state index contributed by atoms with van der Waals surface area (Å²) in [6, 6.07) is 12.8. The fourth-order valence-electron chi connectivity index (χ4n) is 3.52. The number of rotatable bonds is 8. The average Bonchev–Trinajstić information content (AvgIpc) is 3.21. The number of nitrogens with one attached hydrogen (secondary N) is 2. The van der Waals surface area contributed by atoms with Gasteiger partial charge in [-0.05, 0) is 42.8 Å². The first kappa shape index (κ1) is 22.2. The lowest BCUT2D eigenvalue weighted by molar-refractivity contribution is 0.249. The van der Waals surface area contributed by atoms with Gasteiger partial charge in [0.2, 0.25) is 0 Å². The number of imidazole rings is 1. The van der Waals surface area contributed by atoms with Crippen LogP contribution in [0.5, 0.6) is 11.5 Å². The molecule has 1 atom stereocenters. The van der Waals surface area contributed by atoms with E-state index in [1.807, 2.05) is 61.8 Å². The molecule has 0 fully saturated rings. The lowest BCUT2D eigenvalue weighted by atomic mass is 10.1. The third kappa shape index (κ3) is 5.57. The van der Waals surface area contributed by atoms with E-state index < -0.39 is 0 Å². The van der Waals surface area contributed by atoms with Crippen molar-refractivity contribution in [3.63, 3.8) is 0 Å². The largest absolute Gasteiger partial charge is 0.497 e. The van der Waals surface area contributed by atoms with Gasteiger partial charge >= 0.3 is 6.03 Å². The second-order valence-corrected chi connectivity index (χ2v) is 7.70. The molecule has 164 valence electrons. The summed E-state index contributed by atoms with van der Waals surface area (Å²) in [5.74, 6) is 2.78. The smallest absolute Gasteiger partial charge is 0.319 e. The van der Waals surface area contributed by atoms with Crippen LogP contribution >= 0.6 is 0 Å².